The third-order valence-corrected chi connectivity index (χ3v) is 3.08. The molecule has 2 aromatic carbocycles. The van der Waals surface area contributed by atoms with Crippen LogP contribution in [0.15, 0.2) is 42.5 Å². The minimum atomic E-state index is -0.589. The molecule has 0 atom stereocenters. The highest BCUT2D eigenvalue weighted by Gasteiger charge is 2.10. The van der Waals surface area contributed by atoms with E-state index in [1.807, 2.05) is 0 Å². The number of amides is 1. The molecule has 3 N–H and O–H groups in total. The Labute approximate surface area is 126 Å². The third kappa shape index (κ3) is 3.55. The van der Waals surface area contributed by atoms with Crippen molar-refractivity contribution in [1.82, 2.24) is 0 Å². The van der Waals surface area contributed by atoms with Gasteiger partial charge in [0.15, 0.2) is 11.6 Å². The number of thiocarbonyl (C=S) groups is 1. The highest BCUT2D eigenvalue weighted by Crippen LogP contribution is 2.19. The predicted molar refractivity (Wildman–Crippen MR) is 83.2 cm³/mol. The quantitative estimate of drug-likeness (QED) is 0.853. The molecule has 0 aliphatic rings. The normalized spacial score (nSPS) is 10.0. The molecule has 0 aliphatic heterocycles. The Balaban J connectivity index is 2.14. The Bertz CT molecular complexity index is 687. The number of carbonyl (C=O) groups is 1. The number of methoxy groups -OCH3 is 1. The lowest BCUT2D eigenvalue weighted by atomic mass is 10.1. The monoisotopic (exact) mass is 304 g/mol. The van der Waals surface area contributed by atoms with Gasteiger partial charge in [-0.2, -0.15) is 0 Å². The van der Waals surface area contributed by atoms with Crippen LogP contribution in [0.1, 0.15) is 15.9 Å². The van der Waals surface area contributed by atoms with Crippen LogP contribution in [0.4, 0.5) is 10.1 Å². The fourth-order valence-electron chi connectivity index (χ4n) is 1.73. The number of carbonyl (C=O) groups excluding carboxylic acids is 1. The van der Waals surface area contributed by atoms with Gasteiger partial charge in [0, 0.05) is 16.8 Å². The first-order valence-electron chi connectivity index (χ1n) is 6.06. The highest BCUT2D eigenvalue weighted by atomic mass is 32.1. The van der Waals surface area contributed by atoms with Crippen molar-refractivity contribution < 1.29 is 13.9 Å². The van der Waals surface area contributed by atoms with Gasteiger partial charge in [-0.1, -0.05) is 12.2 Å². The Morgan fingerprint density at radius 1 is 1.19 bits per heavy atom. The topological polar surface area (TPSA) is 64.3 Å². The zero-order chi connectivity index (χ0) is 15.4. The molecule has 2 rings (SSSR count). The van der Waals surface area contributed by atoms with Gasteiger partial charge in [-0.05, 0) is 42.5 Å². The molecule has 1 amide bonds. The summed E-state index contributed by atoms with van der Waals surface area (Å²) < 4.78 is 18.4. The van der Waals surface area contributed by atoms with Gasteiger partial charge >= 0.3 is 0 Å². The van der Waals surface area contributed by atoms with Gasteiger partial charge in [0.1, 0.15) is 4.99 Å². The van der Waals surface area contributed by atoms with Crippen LogP contribution in [-0.4, -0.2) is 18.0 Å². The second kappa shape index (κ2) is 6.32. The van der Waals surface area contributed by atoms with Gasteiger partial charge in [0.2, 0.25) is 0 Å². The molecule has 0 heterocycles. The van der Waals surface area contributed by atoms with Crippen molar-refractivity contribution in [2.24, 2.45) is 5.73 Å². The number of hydrogen-bond donors (Lipinski definition) is 2. The number of hydrogen-bond acceptors (Lipinski definition) is 3. The van der Waals surface area contributed by atoms with Crippen molar-refractivity contribution in [2.75, 3.05) is 12.4 Å². The Morgan fingerprint density at radius 3 is 2.33 bits per heavy atom. The molecule has 21 heavy (non-hydrogen) atoms. The van der Waals surface area contributed by atoms with E-state index in [9.17, 15) is 9.18 Å². The lowest BCUT2D eigenvalue weighted by Crippen LogP contribution is -2.13. The molecule has 6 heteroatoms. The van der Waals surface area contributed by atoms with E-state index in [1.165, 1.54) is 19.2 Å². The SMILES string of the molecule is COc1ccc(C(=O)Nc2ccc(C(N)=S)cc2)cc1F. The average Bonchev–Trinajstić information content (AvgIpc) is 2.47. The minimum Gasteiger partial charge on any atom is -0.494 e. The van der Waals surface area contributed by atoms with E-state index >= 15 is 0 Å². The van der Waals surface area contributed by atoms with E-state index in [2.05, 4.69) is 5.32 Å². The molecule has 4 nitrogen and oxygen atoms in total. The molecule has 0 aromatic heterocycles. The standard InChI is InChI=1S/C15H13FN2O2S/c1-20-13-7-4-10(8-12(13)16)15(19)18-11-5-2-9(3-6-11)14(17)21/h2-8H,1H3,(H2,17,21)(H,18,19). The zero-order valence-electron chi connectivity index (χ0n) is 11.2. The second-order valence-corrected chi connectivity index (χ2v) is 4.68. The average molecular weight is 304 g/mol. The Kier molecular flexibility index (Phi) is 4.49. The Hall–Kier alpha value is -2.47. The van der Waals surface area contributed by atoms with Crippen molar-refractivity contribution in [2.45, 2.75) is 0 Å². The maximum Gasteiger partial charge on any atom is 0.255 e. The fraction of sp³-hybridized carbons (Fsp3) is 0.0667. The van der Waals surface area contributed by atoms with E-state index in [4.69, 9.17) is 22.7 Å². The van der Waals surface area contributed by atoms with Crippen molar-refractivity contribution in [3.63, 3.8) is 0 Å². The number of ether oxygens (including phenoxy) is 1. The van der Waals surface area contributed by atoms with Gasteiger partial charge < -0.3 is 15.8 Å². The van der Waals surface area contributed by atoms with Crippen molar-refractivity contribution in [3.05, 3.63) is 59.4 Å². The molecule has 0 spiro atoms. The molecular formula is C15H13FN2O2S. The molecule has 0 unspecified atom stereocenters. The molecule has 0 saturated heterocycles. The largest absolute Gasteiger partial charge is 0.494 e. The van der Waals surface area contributed by atoms with Gasteiger partial charge in [0.25, 0.3) is 5.91 Å². The number of rotatable bonds is 4. The molecule has 108 valence electrons. The van der Waals surface area contributed by atoms with Crippen LogP contribution in [0.3, 0.4) is 0 Å². The lowest BCUT2D eigenvalue weighted by Gasteiger charge is -2.07. The van der Waals surface area contributed by atoms with Crippen LogP contribution >= 0.6 is 12.2 Å². The molecule has 0 radical (unpaired) electrons. The van der Waals surface area contributed by atoms with E-state index in [0.29, 0.717) is 11.3 Å². The zero-order valence-corrected chi connectivity index (χ0v) is 12.0. The molecule has 2 aromatic rings. The van der Waals surface area contributed by atoms with E-state index < -0.39 is 11.7 Å². The van der Waals surface area contributed by atoms with Crippen molar-refractivity contribution in [3.8, 4) is 5.75 Å². The van der Waals surface area contributed by atoms with Gasteiger partial charge in [-0.15, -0.1) is 0 Å². The van der Waals surface area contributed by atoms with Crippen LogP contribution in [0.25, 0.3) is 0 Å². The maximum atomic E-state index is 13.6. The van der Waals surface area contributed by atoms with Crippen LogP contribution in [0, 0.1) is 5.82 Å². The van der Waals surface area contributed by atoms with Gasteiger partial charge in [-0.3, -0.25) is 4.79 Å². The molecule has 0 saturated carbocycles. The van der Waals surface area contributed by atoms with Crippen LogP contribution in [0.2, 0.25) is 0 Å². The lowest BCUT2D eigenvalue weighted by molar-refractivity contribution is 0.102. The van der Waals surface area contributed by atoms with Crippen molar-refractivity contribution >= 4 is 28.8 Å². The van der Waals surface area contributed by atoms with Gasteiger partial charge in [-0.25, -0.2) is 4.39 Å². The summed E-state index contributed by atoms with van der Waals surface area (Å²) in [5.74, 6) is -0.916. The first-order chi connectivity index (χ1) is 10.0. The van der Waals surface area contributed by atoms with Crippen LogP contribution in [-0.2, 0) is 0 Å². The van der Waals surface area contributed by atoms with E-state index in [0.717, 1.165) is 6.07 Å². The van der Waals surface area contributed by atoms with Gasteiger partial charge in [0.05, 0.1) is 7.11 Å². The molecule has 0 fully saturated rings. The third-order valence-electron chi connectivity index (χ3n) is 2.84. The molecule has 0 aliphatic carbocycles. The summed E-state index contributed by atoms with van der Waals surface area (Å²) >= 11 is 4.84. The molecule has 0 bridgehead atoms. The number of nitrogens with two attached hydrogens (primary N) is 1. The summed E-state index contributed by atoms with van der Waals surface area (Å²) in [6.07, 6.45) is 0. The second-order valence-electron chi connectivity index (χ2n) is 4.25. The molecular weight excluding hydrogens is 291 g/mol. The van der Waals surface area contributed by atoms with E-state index in [-0.39, 0.29) is 16.3 Å². The summed E-state index contributed by atoms with van der Waals surface area (Å²) in [5.41, 5.74) is 6.96. The summed E-state index contributed by atoms with van der Waals surface area (Å²) in [5, 5.41) is 2.66. The summed E-state index contributed by atoms with van der Waals surface area (Å²) in [7, 11) is 1.36. The van der Waals surface area contributed by atoms with E-state index in [1.54, 1.807) is 24.3 Å². The summed E-state index contributed by atoms with van der Waals surface area (Å²) in [6.45, 7) is 0. The number of halogens is 1. The minimum absolute atomic E-state index is 0.0901. The number of nitrogens with one attached hydrogen (secondary N) is 1. The van der Waals surface area contributed by atoms with Crippen molar-refractivity contribution in [1.29, 1.82) is 0 Å². The maximum absolute atomic E-state index is 13.6. The summed E-state index contributed by atoms with van der Waals surface area (Å²) in [4.78, 5) is 12.3. The number of anilines is 1. The Morgan fingerprint density at radius 2 is 1.81 bits per heavy atom. The fourth-order valence-corrected chi connectivity index (χ4v) is 1.86. The summed E-state index contributed by atoms with van der Waals surface area (Å²) in [6, 6.07) is 10.8. The van der Waals surface area contributed by atoms with Crippen LogP contribution < -0.4 is 15.8 Å². The first-order valence-corrected chi connectivity index (χ1v) is 6.47. The van der Waals surface area contributed by atoms with Crippen LogP contribution in [0.5, 0.6) is 5.75 Å². The predicted octanol–water partition coefficient (Wildman–Crippen LogP) is 2.72. The number of benzene rings is 2. The first kappa shape index (κ1) is 14.9. The highest BCUT2D eigenvalue weighted by molar-refractivity contribution is 7.80. The smallest absolute Gasteiger partial charge is 0.255 e.